The highest BCUT2D eigenvalue weighted by molar-refractivity contribution is 5.97. The van der Waals surface area contributed by atoms with E-state index in [4.69, 9.17) is 0 Å². The number of aromatic nitrogens is 2. The number of hydrogen-bond donors (Lipinski definition) is 2. The predicted molar refractivity (Wildman–Crippen MR) is 84.6 cm³/mol. The quantitative estimate of drug-likeness (QED) is 0.810. The van der Waals surface area contributed by atoms with Crippen molar-refractivity contribution in [2.24, 2.45) is 5.41 Å². The maximum absolute atomic E-state index is 12.4. The van der Waals surface area contributed by atoms with Gasteiger partial charge in [-0.1, -0.05) is 27.2 Å². The topological polar surface area (TPSA) is 66.9 Å². The van der Waals surface area contributed by atoms with Gasteiger partial charge in [-0.2, -0.15) is 0 Å². The van der Waals surface area contributed by atoms with Crippen LogP contribution in [0.3, 0.4) is 0 Å². The monoisotopic (exact) mass is 290 g/mol. The summed E-state index contributed by atoms with van der Waals surface area (Å²) < 4.78 is 0. The van der Waals surface area contributed by atoms with Crippen LogP contribution in [0.5, 0.6) is 0 Å². The maximum Gasteiger partial charge on any atom is 0.272 e. The van der Waals surface area contributed by atoms with Gasteiger partial charge in [-0.05, 0) is 24.7 Å². The van der Waals surface area contributed by atoms with Gasteiger partial charge >= 0.3 is 0 Å². The Bertz CT molecular complexity index is 509. The first-order chi connectivity index (χ1) is 10.0. The van der Waals surface area contributed by atoms with Gasteiger partial charge in [0.2, 0.25) is 0 Å². The molecule has 0 spiro atoms. The third-order valence-corrected chi connectivity index (χ3v) is 4.17. The van der Waals surface area contributed by atoms with E-state index in [1.54, 1.807) is 13.2 Å². The number of anilines is 1. The van der Waals surface area contributed by atoms with Crippen molar-refractivity contribution in [3.05, 3.63) is 17.7 Å². The van der Waals surface area contributed by atoms with Crippen molar-refractivity contribution < 1.29 is 4.79 Å². The lowest BCUT2D eigenvalue weighted by atomic mass is 10.0. The summed E-state index contributed by atoms with van der Waals surface area (Å²) in [4.78, 5) is 21.2. The molecule has 21 heavy (non-hydrogen) atoms. The van der Waals surface area contributed by atoms with E-state index < -0.39 is 0 Å². The molecule has 0 bridgehead atoms. The van der Waals surface area contributed by atoms with Crippen LogP contribution < -0.4 is 10.6 Å². The molecule has 0 unspecified atom stereocenters. The summed E-state index contributed by atoms with van der Waals surface area (Å²) in [6, 6.07) is 0. The van der Waals surface area contributed by atoms with Crippen molar-refractivity contribution in [2.45, 2.75) is 52.4 Å². The van der Waals surface area contributed by atoms with Gasteiger partial charge in [-0.25, -0.2) is 9.97 Å². The summed E-state index contributed by atoms with van der Waals surface area (Å²) in [5.41, 5.74) is 1.47. The highest BCUT2D eigenvalue weighted by Crippen LogP contribution is 2.48. The molecule has 1 heterocycles. The number of carbonyl (C=O) groups excluding carboxylic acids is 1. The molecule has 5 nitrogen and oxygen atoms in total. The average molecular weight is 290 g/mol. The van der Waals surface area contributed by atoms with E-state index in [1.807, 2.05) is 13.8 Å². The minimum atomic E-state index is -0.106. The first-order valence-corrected chi connectivity index (χ1v) is 7.84. The fourth-order valence-electron chi connectivity index (χ4n) is 2.60. The zero-order valence-electron chi connectivity index (χ0n) is 13.5. The Morgan fingerprint density at radius 2 is 2.14 bits per heavy atom. The second-order valence-electron chi connectivity index (χ2n) is 6.33. The number of nitrogens with one attached hydrogen (secondary N) is 2. The van der Waals surface area contributed by atoms with Crippen LogP contribution in [-0.2, 0) is 0 Å². The van der Waals surface area contributed by atoms with Crippen LogP contribution in [0.1, 0.15) is 68.7 Å². The molecule has 0 aromatic carbocycles. The van der Waals surface area contributed by atoms with Crippen LogP contribution >= 0.6 is 0 Å². The molecule has 1 saturated carbocycles. The third kappa shape index (κ3) is 3.71. The van der Waals surface area contributed by atoms with E-state index in [0.717, 1.165) is 6.54 Å². The largest absolute Gasteiger partial charge is 0.385 e. The van der Waals surface area contributed by atoms with Crippen molar-refractivity contribution in [2.75, 3.05) is 18.9 Å². The number of amides is 1. The molecule has 1 aliphatic rings. The van der Waals surface area contributed by atoms with Crippen LogP contribution in [0, 0.1) is 5.41 Å². The third-order valence-electron chi connectivity index (χ3n) is 4.17. The lowest BCUT2D eigenvalue weighted by Crippen LogP contribution is -2.31. The minimum Gasteiger partial charge on any atom is -0.385 e. The highest BCUT2D eigenvalue weighted by Gasteiger charge is 2.41. The van der Waals surface area contributed by atoms with E-state index in [0.29, 0.717) is 22.6 Å². The van der Waals surface area contributed by atoms with Crippen molar-refractivity contribution in [3.8, 4) is 0 Å². The molecular weight excluding hydrogens is 264 g/mol. The molecule has 1 aromatic heterocycles. The van der Waals surface area contributed by atoms with E-state index in [9.17, 15) is 4.79 Å². The molecule has 5 heteroatoms. The molecule has 116 valence electrons. The summed E-state index contributed by atoms with van der Waals surface area (Å²) in [6.45, 7) is 7.00. The van der Waals surface area contributed by atoms with Gasteiger partial charge in [0.25, 0.3) is 5.91 Å². The Hall–Kier alpha value is -1.65. The molecule has 1 fully saturated rings. The number of carbonyl (C=O) groups is 1. The van der Waals surface area contributed by atoms with Crippen LogP contribution in [0.25, 0.3) is 0 Å². The smallest absolute Gasteiger partial charge is 0.272 e. The van der Waals surface area contributed by atoms with Gasteiger partial charge in [0, 0.05) is 19.5 Å². The normalized spacial score (nSPS) is 15.9. The van der Waals surface area contributed by atoms with Gasteiger partial charge in [0.1, 0.15) is 5.82 Å². The summed E-state index contributed by atoms with van der Waals surface area (Å²) in [5, 5.41) is 6.05. The predicted octanol–water partition coefficient (Wildman–Crippen LogP) is 2.95. The number of hydrogen-bond acceptors (Lipinski definition) is 4. The Labute approximate surface area is 127 Å². The molecule has 0 radical (unpaired) electrons. The Morgan fingerprint density at radius 3 is 2.67 bits per heavy atom. The molecule has 0 aliphatic heterocycles. The summed E-state index contributed by atoms with van der Waals surface area (Å²) in [5.74, 6) is 0.803. The average Bonchev–Trinajstić information content (AvgIpc) is 3.24. The van der Waals surface area contributed by atoms with Gasteiger partial charge in [0.15, 0.2) is 5.69 Å². The molecule has 1 amide bonds. The Morgan fingerprint density at radius 1 is 1.43 bits per heavy atom. The zero-order chi connectivity index (χ0) is 15.5. The van der Waals surface area contributed by atoms with E-state index in [2.05, 4.69) is 27.5 Å². The molecule has 2 N–H and O–H groups in total. The SMILES string of the molecule is CCCC1(CNC(=O)c2nc(C(C)C)ncc2NC)CC1. The Balaban J connectivity index is 2.09. The van der Waals surface area contributed by atoms with Crippen LogP contribution in [0.15, 0.2) is 6.20 Å². The first-order valence-electron chi connectivity index (χ1n) is 7.84. The lowest BCUT2D eigenvalue weighted by molar-refractivity contribution is 0.0939. The molecule has 1 aliphatic carbocycles. The second-order valence-corrected chi connectivity index (χ2v) is 6.33. The van der Waals surface area contributed by atoms with Crippen LogP contribution in [0.4, 0.5) is 5.69 Å². The molecular formula is C16H26N4O. The first kappa shape index (κ1) is 15.7. The van der Waals surface area contributed by atoms with E-state index >= 15 is 0 Å². The maximum atomic E-state index is 12.4. The number of rotatable bonds is 7. The highest BCUT2D eigenvalue weighted by atomic mass is 16.1. The van der Waals surface area contributed by atoms with Crippen LogP contribution in [0.2, 0.25) is 0 Å². The summed E-state index contributed by atoms with van der Waals surface area (Å²) >= 11 is 0. The molecule has 1 aromatic rings. The van der Waals surface area contributed by atoms with Gasteiger partial charge in [0.05, 0.1) is 11.9 Å². The molecule has 0 saturated heterocycles. The van der Waals surface area contributed by atoms with Gasteiger partial charge in [-0.15, -0.1) is 0 Å². The fraction of sp³-hybridized carbons (Fsp3) is 0.688. The zero-order valence-corrected chi connectivity index (χ0v) is 13.5. The van der Waals surface area contributed by atoms with Crippen molar-refractivity contribution in [3.63, 3.8) is 0 Å². The number of nitrogens with zero attached hydrogens (tertiary/aromatic N) is 2. The van der Waals surface area contributed by atoms with E-state index in [1.165, 1.54) is 25.7 Å². The van der Waals surface area contributed by atoms with Crippen molar-refractivity contribution >= 4 is 11.6 Å². The molecule has 0 atom stereocenters. The van der Waals surface area contributed by atoms with Gasteiger partial charge < -0.3 is 10.6 Å². The lowest BCUT2D eigenvalue weighted by Gasteiger charge is -2.16. The summed E-state index contributed by atoms with van der Waals surface area (Å²) in [6.07, 6.45) is 6.49. The van der Waals surface area contributed by atoms with Crippen LogP contribution in [-0.4, -0.2) is 29.5 Å². The standard InChI is InChI=1S/C16H26N4O/c1-5-6-16(7-8-16)10-19-15(21)13-12(17-4)9-18-14(20-13)11(2)3/h9,11,17H,5-8,10H2,1-4H3,(H,19,21). The second kappa shape index (κ2) is 6.41. The fourth-order valence-corrected chi connectivity index (χ4v) is 2.60. The summed E-state index contributed by atoms with van der Waals surface area (Å²) in [7, 11) is 1.78. The van der Waals surface area contributed by atoms with Crippen molar-refractivity contribution in [1.29, 1.82) is 0 Å². The van der Waals surface area contributed by atoms with E-state index in [-0.39, 0.29) is 11.8 Å². The molecule has 2 rings (SSSR count). The minimum absolute atomic E-state index is 0.106. The van der Waals surface area contributed by atoms with Crippen molar-refractivity contribution in [1.82, 2.24) is 15.3 Å². The Kier molecular flexibility index (Phi) is 4.80. The van der Waals surface area contributed by atoms with Gasteiger partial charge in [-0.3, -0.25) is 4.79 Å².